The summed E-state index contributed by atoms with van der Waals surface area (Å²) in [7, 11) is -2.79. The molecule has 0 unspecified atom stereocenters. The van der Waals surface area contributed by atoms with Gasteiger partial charge in [-0.2, -0.15) is 0 Å². The SMILES string of the molecule is CC[Si](C#C[C@@]1(C)CCCCC1=O)(CC)CC.[C-]#[N+]c1c(N)sc2c1C[C@@](C)(C#C[Si](CC)(CC)CC)CC2. The molecule has 0 bridgehead atoms. The molecule has 1 aromatic heterocycles. The minimum absolute atomic E-state index is 0.0116. The van der Waals surface area contributed by atoms with E-state index in [1.807, 2.05) is 0 Å². The molecule has 0 aromatic carbocycles. The van der Waals surface area contributed by atoms with Crippen LogP contribution in [0.1, 0.15) is 97.9 Å². The van der Waals surface area contributed by atoms with Gasteiger partial charge in [-0.1, -0.05) is 53.9 Å². The van der Waals surface area contributed by atoms with Crippen molar-refractivity contribution in [2.75, 3.05) is 5.73 Å². The lowest BCUT2D eigenvalue weighted by atomic mass is 9.75. The third kappa shape index (κ3) is 7.91. The van der Waals surface area contributed by atoms with Crippen LogP contribution >= 0.6 is 11.3 Å². The van der Waals surface area contributed by atoms with Crippen molar-refractivity contribution in [1.82, 2.24) is 0 Å². The van der Waals surface area contributed by atoms with Gasteiger partial charge in [-0.3, -0.25) is 4.79 Å². The Labute approximate surface area is 246 Å². The Hall–Kier alpha value is -1.79. The summed E-state index contributed by atoms with van der Waals surface area (Å²) >= 11 is 1.60. The van der Waals surface area contributed by atoms with Crippen LogP contribution in [0.5, 0.6) is 0 Å². The molecule has 39 heavy (non-hydrogen) atoms. The van der Waals surface area contributed by atoms with E-state index in [2.05, 4.69) is 83.2 Å². The average Bonchev–Trinajstić information content (AvgIpc) is 3.26. The van der Waals surface area contributed by atoms with Crippen molar-refractivity contribution < 1.29 is 4.79 Å². The van der Waals surface area contributed by atoms with Gasteiger partial charge in [-0.15, -0.1) is 28.3 Å². The molecule has 2 N–H and O–H groups in total. The fourth-order valence-electron chi connectivity index (χ4n) is 5.90. The van der Waals surface area contributed by atoms with Gasteiger partial charge in [0.05, 0.1) is 17.0 Å². The van der Waals surface area contributed by atoms with Gasteiger partial charge in [0.1, 0.15) is 16.1 Å². The summed E-state index contributed by atoms with van der Waals surface area (Å²) < 4.78 is 0. The number of rotatable bonds is 6. The van der Waals surface area contributed by atoms with Crippen molar-refractivity contribution in [2.24, 2.45) is 10.8 Å². The fraction of sp³-hybridized carbons (Fsp3) is 0.697. The van der Waals surface area contributed by atoms with Gasteiger partial charge in [-0.05, 0) is 92.7 Å². The smallest absolute Gasteiger partial charge is 0.223 e. The van der Waals surface area contributed by atoms with E-state index in [-0.39, 0.29) is 10.8 Å². The first-order valence-corrected chi connectivity index (χ1v) is 21.4. The van der Waals surface area contributed by atoms with Crippen molar-refractivity contribution in [3.8, 4) is 22.9 Å². The van der Waals surface area contributed by atoms with E-state index in [4.69, 9.17) is 12.3 Å². The number of anilines is 1. The summed E-state index contributed by atoms with van der Waals surface area (Å²) in [6.07, 6.45) is 6.94. The number of Topliss-reactive ketones (excluding diaryl/α,β-unsaturated/α-hetero) is 1. The lowest BCUT2D eigenvalue weighted by Gasteiger charge is -2.30. The second-order valence-electron chi connectivity index (χ2n) is 12.2. The first kappa shape index (κ1) is 33.4. The van der Waals surface area contributed by atoms with Crippen LogP contribution in [0.15, 0.2) is 0 Å². The average molecular weight is 581 g/mol. The third-order valence-corrected chi connectivity index (χ3v) is 20.5. The second kappa shape index (κ2) is 14.2. The lowest BCUT2D eigenvalue weighted by Crippen LogP contribution is -2.33. The second-order valence-corrected chi connectivity index (χ2v) is 23.2. The van der Waals surface area contributed by atoms with Gasteiger partial charge in [0.15, 0.2) is 5.78 Å². The molecule has 1 aromatic rings. The molecule has 2 aliphatic carbocycles. The highest BCUT2D eigenvalue weighted by molar-refractivity contribution is 7.16. The summed E-state index contributed by atoms with van der Waals surface area (Å²) in [5, 5.41) is 0.691. The van der Waals surface area contributed by atoms with Crippen LogP contribution in [0.25, 0.3) is 4.85 Å². The van der Waals surface area contributed by atoms with Gasteiger partial charge < -0.3 is 5.73 Å². The number of aryl methyl sites for hydroxylation is 1. The highest BCUT2D eigenvalue weighted by atomic mass is 32.1. The van der Waals surface area contributed by atoms with E-state index in [0.29, 0.717) is 16.5 Å². The standard InChI is InChI=1S/C18H26N2SSi.C15H26OSi/c1-6-22(7-2,8-3)12-11-18(4)10-9-15-14(13-18)16(20-5)17(19)21-15;1-5-17(6-2,7-3)13-12-15(4)11-9-8-10-14(15)16/h6-10,13,19H2,1-4H3;5-11H2,1-4H3/t18-;15-/m11/s1. The quantitative estimate of drug-likeness (QED) is 0.207. The van der Waals surface area contributed by atoms with Gasteiger partial charge in [-0.25, -0.2) is 4.85 Å². The molecule has 2 atom stereocenters. The Morgan fingerprint density at radius 2 is 1.41 bits per heavy atom. The van der Waals surface area contributed by atoms with E-state index in [1.165, 1.54) is 46.7 Å². The van der Waals surface area contributed by atoms with E-state index in [0.717, 1.165) is 44.9 Å². The van der Waals surface area contributed by atoms with Crippen molar-refractivity contribution in [1.29, 1.82) is 0 Å². The summed E-state index contributed by atoms with van der Waals surface area (Å²) in [5.41, 5.74) is 14.9. The summed E-state index contributed by atoms with van der Waals surface area (Å²) in [4.78, 5) is 17.0. The predicted molar refractivity (Wildman–Crippen MR) is 177 cm³/mol. The highest BCUT2D eigenvalue weighted by Crippen LogP contribution is 2.47. The molecule has 3 rings (SSSR count). The normalized spacial score (nSPS) is 22.7. The van der Waals surface area contributed by atoms with E-state index < -0.39 is 16.1 Å². The minimum atomic E-state index is -1.40. The Morgan fingerprint density at radius 1 is 0.872 bits per heavy atom. The zero-order chi connectivity index (χ0) is 29.3. The Balaban J connectivity index is 0.000000283. The van der Waals surface area contributed by atoms with E-state index in [9.17, 15) is 4.79 Å². The van der Waals surface area contributed by atoms with Gasteiger partial charge >= 0.3 is 0 Å². The number of nitrogens with zero attached hydrogens (tertiary/aromatic N) is 1. The summed E-state index contributed by atoms with van der Waals surface area (Å²) in [6.45, 7) is 25.4. The monoisotopic (exact) mass is 580 g/mol. The number of hydrogen-bond acceptors (Lipinski definition) is 3. The van der Waals surface area contributed by atoms with Crippen LogP contribution < -0.4 is 5.73 Å². The van der Waals surface area contributed by atoms with Crippen molar-refractivity contribution >= 4 is 44.0 Å². The maximum absolute atomic E-state index is 12.0. The zero-order valence-corrected chi connectivity index (χ0v) is 28.8. The molecule has 3 nitrogen and oxygen atoms in total. The predicted octanol–water partition coefficient (Wildman–Crippen LogP) is 9.61. The topological polar surface area (TPSA) is 47.5 Å². The summed E-state index contributed by atoms with van der Waals surface area (Å²) in [5.74, 6) is 7.45. The van der Waals surface area contributed by atoms with Crippen molar-refractivity contribution in [2.45, 2.75) is 137 Å². The van der Waals surface area contributed by atoms with Crippen LogP contribution in [-0.4, -0.2) is 21.9 Å². The van der Waals surface area contributed by atoms with Crippen LogP contribution in [0, 0.1) is 40.3 Å². The van der Waals surface area contributed by atoms with Gasteiger partial charge in [0.25, 0.3) is 0 Å². The first-order valence-electron chi connectivity index (χ1n) is 15.3. The van der Waals surface area contributed by atoms with Crippen molar-refractivity contribution in [3.05, 3.63) is 21.9 Å². The molecule has 0 aliphatic heterocycles. The molecule has 1 fully saturated rings. The lowest BCUT2D eigenvalue weighted by molar-refractivity contribution is -0.127. The van der Waals surface area contributed by atoms with Gasteiger partial charge in [0.2, 0.25) is 5.69 Å². The maximum atomic E-state index is 12.0. The number of carbonyl (C=O) groups excluding carboxylic acids is 1. The molecular weight excluding hydrogens is 529 g/mol. The number of hydrogen-bond donors (Lipinski definition) is 1. The van der Waals surface area contributed by atoms with Crippen LogP contribution in [0.4, 0.5) is 10.7 Å². The van der Waals surface area contributed by atoms with Gasteiger partial charge in [0, 0.05) is 11.8 Å². The number of nitrogen functional groups attached to an aromatic ring is 1. The molecule has 0 radical (unpaired) electrons. The zero-order valence-electron chi connectivity index (χ0n) is 26.0. The van der Waals surface area contributed by atoms with Crippen molar-refractivity contribution in [3.63, 3.8) is 0 Å². The fourth-order valence-corrected chi connectivity index (χ4v) is 12.1. The molecule has 6 heteroatoms. The number of nitrogens with two attached hydrogens (primary N) is 1. The summed E-state index contributed by atoms with van der Waals surface area (Å²) in [6, 6.07) is 7.39. The van der Waals surface area contributed by atoms with E-state index in [1.54, 1.807) is 11.3 Å². The van der Waals surface area contributed by atoms with Crippen LogP contribution in [0.3, 0.4) is 0 Å². The maximum Gasteiger partial charge on any atom is 0.223 e. The Kier molecular flexibility index (Phi) is 12.2. The highest BCUT2D eigenvalue weighted by Gasteiger charge is 2.35. The molecule has 214 valence electrons. The van der Waals surface area contributed by atoms with Crippen LogP contribution in [0.2, 0.25) is 36.3 Å². The molecule has 2 aliphatic rings. The number of thiophene rings is 1. The number of carbonyl (C=O) groups is 1. The number of ketones is 1. The Morgan fingerprint density at radius 3 is 1.90 bits per heavy atom. The van der Waals surface area contributed by atoms with Crippen LogP contribution in [-0.2, 0) is 17.6 Å². The largest absolute Gasteiger partial charge is 0.399 e. The molecule has 1 heterocycles. The Bertz CT molecular complexity index is 1150. The molecule has 0 saturated heterocycles. The first-order chi connectivity index (χ1) is 18.4. The molecule has 0 spiro atoms. The minimum Gasteiger partial charge on any atom is -0.399 e. The molecular formula is C33H52N2OSSi2. The number of fused-ring (bicyclic) bond motifs is 1. The molecule has 0 amide bonds. The third-order valence-electron chi connectivity index (χ3n) is 9.91. The van der Waals surface area contributed by atoms with E-state index >= 15 is 0 Å². The molecule has 1 saturated carbocycles.